The molecule has 4 heterocycles. The number of aliphatic hydroxyl groups excluding tert-OH is 2. The fourth-order valence-electron chi connectivity index (χ4n) is 9.28. The van der Waals surface area contributed by atoms with Gasteiger partial charge in [-0.2, -0.15) is 0 Å². The van der Waals surface area contributed by atoms with Crippen molar-refractivity contribution in [2.24, 2.45) is 22.7 Å². The van der Waals surface area contributed by atoms with Gasteiger partial charge in [0.25, 0.3) is 0 Å². The van der Waals surface area contributed by atoms with Crippen LogP contribution in [-0.2, 0) is 32.0 Å². The van der Waals surface area contributed by atoms with Crippen molar-refractivity contribution < 1.29 is 38.2 Å². The van der Waals surface area contributed by atoms with E-state index >= 15 is 0 Å². The maximum absolute atomic E-state index is 14.9. The molecule has 2 aliphatic rings. The van der Waals surface area contributed by atoms with Crippen LogP contribution in [0.5, 0.6) is 0 Å². The Kier molecular flexibility index (Phi) is 13.8. The SMILES string of the molecule is CC[C@@H](C)C(=O)N[C@H](C(=O)N1C[C@@H](O)C[C@H]1Cc1c(-c2[nH]c3cc(F)ccc3c2C[C@@H]2C[C@H](O)CN2C(=O)[C@@H](CC(=O)[C@H](C)NC)C(C)(C)C)[nH]c2cc(F)ccc12)C(C)(C)C. The maximum atomic E-state index is 14.9. The van der Waals surface area contributed by atoms with Gasteiger partial charge in [-0.15, -0.1) is 0 Å². The van der Waals surface area contributed by atoms with E-state index in [9.17, 15) is 38.2 Å². The van der Waals surface area contributed by atoms with Gasteiger partial charge in [-0.25, -0.2) is 8.78 Å². The topological polar surface area (TPSA) is 171 Å². The summed E-state index contributed by atoms with van der Waals surface area (Å²) in [6.45, 7) is 17.2. The number of benzene rings is 2. The predicted molar refractivity (Wildman–Crippen MR) is 237 cm³/mol. The molecule has 0 unspecified atom stereocenters. The molecular formula is C48H66F2N6O6. The van der Waals surface area contributed by atoms with Gasteiger partial charge in [-0.05, 0) is 104 Å². The quantitative estimate of drug-likeness (QED) is 0.0852. The maximum Gasteiger partial charge on any atom is 0.246 e. The lowest BCUT2D eigenvalue weighted by molar-refractivity contribution is -0.143. The van der Waals surface area contributed by atoms with Crippen molar-refractivity contribution in [3.8, 4) is 11.4 Å². The van der Waals surface area contributed by atoms with Crippen molar-refractivity contribution in [3.63, 3.8) is 0 Å². The minimum Gasteiger partial charge on any atom is -0.391 e. The van der Waals surface area contributed by atoms with Gasteiger partial charge in [-0.1, -0.05) is 55.4 Å². The third-order valence-corrected chi connectivity index (χ3v) is 13.3. The predicted octanol–water partition coefficient (Wildman–Crippen LogP) is 6.41. The van der Waals surface area contributed by atoms with E-state index in [-0.39, 0.29) is 74.6 Å². The normalized spacial score (nSPS) is 21.7. The number of carbonyl (C=O) groups is 4. The highest BCUT2D eigenvalue weighted by atomic mass is 19.1. The summed E-state index contributed by atoms with van der Waals surface area (Å²) >= 11 is 0. The van der Waals surface area contributed by atoms with E-state index in [0.717, 1.165) is 11.1 Å². The lowest BCUT2D eigenvalue weighted by Crippen LogP contribution is -2.56. The van der Waals surface area contributed by atoms with Gasteiger partial charge in [0.2, 0.25) is 17.7 Å². The summed E-state index contributed by atoms with van der Waals surface area (Å²) in [6, 6.07) is 6.62. The molecule has 2 aliphatic heterocycles. The molecule has 2 saturated heterocycles. The van der Waals surface area contributed by atoms with Crippen molar-refractivity contribution in [3.05, 3.63) is 59.2 Å². The van der Waals surface area contributed by atoms with Crippen LogP contribution in [0.15, 0.2) is 36.4 Å². The monoisotopic (exact) mass is 861 g/mol. The summed E-state index contributed by atoms with van der Waals surface area (Å²) in [5, 5.41) is 29.6. The van der Waals surface area contributed by atoms with Gasteiger partial charge in [0, 0.05) is 65.2 Å². The van der Waals surface area contributed by atoms with Crippen molar-refractivity contribution in [1.82, 2.24) is 30.4 Å². The van der Waals surface area contributed by atoms with Gasteiger partial charge < -0.3 is 40.6 Å². The average molecular weight is 861 g/mol. The van der Waals surface area contributed by atoms with Crippen LogP contribution in [0.25, 0.3) is 33.2 Å². The van der Waals surface area contributed by atoms with Crippen LogP contribution in [-0.4, -0.2) is 110 Å². The molecule has 6 rings (SSSR count). The zero-order chi connectivity index (χ0) is 45.6. The van der Waals surface area contributed by atoms with Crippen molar-refractivity contribution in [2.45, 2.75) is 137 Å². The first-order valence-corrected chi connectivity index (χ1v) is 22.1. The fraction of sp³-hybridized carbons (Fsp3) is 0.583. The molecule has 3 amide bonds. The van der Waals surface area contributed by atoms with Crippen LogP contribution in [0.3, 0.4) is 0 Å². The second-order valence-electron chi connectivity index (χ2n) is 20.0. The van der Waals surface area contributed by atoms with E-state index in [4.69, 9.17) is 0 Å². The smallest absolute Gasteiger partial charge is 0.246 e. The second-order valence-corrected chi connectivity index (χ2v) is 20.0. The highest BCUT2D eigenvalue weighted by Gasteiger charge is 2.45. The number of fused-ring (bicyclic) bond motifs is 2. The average Bonchev–Trinajstić information content (AvgIpc) is 3.96. The number of aliphatic hydroxyl groups is 2. The van der Waals surface area contributed by atoms with E-state index in [1.165, 1.54) is 24.3 Å². The number of rotatable bonds is 14. The van der Waals surface area contributed by atoms with Crippen molar-refractivity contribution in [2.75, 3.05) is 20.1 Å². The number of likely N-dealkylation sites (N-methyl/N-ethyl adjacent to an activating group) is 1. The highest BCUT2D eigenvalue weighted by molar-refractivity contribution is 5.97. The van der Waals surface area contributed by atoms with Gasteiger partial charge >= 0.3 is 0 Å². The molecule has 62 heavy (non-hydrogen) atoms. The van der Waals surface area contributed by atoms with Crippen molar-refractivity contribution >= 4 is 45.3 Å². The molecule has 0 bridgehead atoms. The Morgan fingerprint density at radius 2 is 1.24 bits per heavy atom. The molecule has 0 spiro atoms. The summed E-state index contributed by atoms with van der Waals surface area (Å²) in [7, 11) is 1.70. The molecule has 0 saturated carbocycles. The number of ketones is 1. The summed E-state index contributed by atoms with van der Waals surface area (Å²) in [5.41, 5.74) is 2.44. The Balaban J connectivity index is 1.43. The number of halogens is 2. The minimum absolute atomic E-state index is 0.0341. The number of nitrogens with one attached hydrogen (secondary N) is 4. The van der Waals surface area contributed by atoms with Gasteiger partial charge in [0.1, 0.15) is 23.5 Å². The first-order chi connectivity index (χ1) is 29.0. The molecule has 0 aliphatic carbocycles. The molecule has 2 aromatic carbocycles. The standard InChI is InChI=1S/C48H66F2N6O6/c1-11-25(2)44(60)54-43(48(7,8)9)46(62)56-24-32(58)19-30(56)21-36-34-15-13-28(50)17-39(34)53-42(36)41-35(33-14-12-27(49)16-38(33)52-41)20-29-18-31(57)23-55(29)45(61)37(47(4,5)6)22-40(59)26(3)51-10/h12-17,25-26,29-32,37,43,51-53,57-58H,11,18-24H2,1-10H3,(H,54,60)/t25-,26+,29+,30+,31+,32+,37-,43-/m1/s1. The summed E-state index contributed by atoms with van der Waals surface area (Å²) in [4.78, 5) is 65.7. The molecule has 2 aromatic heterocycles. The number of β-amino-alcohol motifs (C(OH)–C–C–N with tert-alkyl or cyclic N) is 2. The van der Waals surface area contributed by atoms with E-state index in [1.807, 2.05) is 55.4 Å². The zero-order valence-electron chi connectivity index (χ0n) is 37.9. The van der Waals surface area contributed by atoms with Crippen LogP contribution < -0.4 is 10.6 Å². The molecule has 0 radical (unpaired) electrons. The second kappa shape index (κ2) is 18.2. The molecule has 12 nitrogen and oxygen atoms in total. The number of likely N-dealkylation sites (tertiary alicyclic amines) is 2. The Bertz CT molecular complexity index is 2150. The third-order valence-electron chi connectivity index (χ3n) is 13.3. The van der Waals surface area contributed by atoms with E-state index in [2.05, 4.69) is 20.6 Å². The molecule has 2 fully saturated rings. The number of amides is 3. The van der Waals surface area contributed by atoms with E-state index in [0.29, 0.717) is 39.6 Å². The van der Waals surface area contributed by atoms with Crippen LogP contribution in [0, 0.1) is 34.3 Å². The molecule has 4 aromatic rings. The van der Waals surface area contributed by atoms with Gasteiger partial charge in [-0.3, -0.25) is 19.2 Å². The minimum atomic E-state index is -0.862. The molecule has 338 valence electrons. The highest BCUT2D eigenvalue weighted by Crippen LogP contribution is 2.41. The number of Topliss-reactive ketones (excluding diaryl/α,β-unsaturated/α-hetero) is 1. The van der Waals surface area contributed by atoms with Crippen LogP contribution in [0.4, 0.5) is 8.78 Å². The van der Waals surface area contributed by atoms with E-state index < -0.39 is 64.8 Å². The summed E-state index contributed by atoms with van der Waals surface area (Å²) in [6.07, 6.45) is 0.0770. The van der Waals surface area contributed by atoms with Crippen LogP contribution in [0.1, 0.15) is 99.1 Å². The van der Waals surface area contributed by atoms with Crippen LogP contribution >= 0.6 is 0 Å². The first kappa shape index (κ1) is 46.8. The number of hydrogen-bond acceptors (Lipinski definition) is 7. The number of nitrogens with zero attached hydrogens (tertiary/aromatic N) is 2. The molecule has 8 atom stereocenters. The Morgan fingerprint density at radius 3 is 1.66 bits per heavy atom. The molecule has 6 N–H and O–H groups in total. The molecular weight excluding hydrogens is 795 g/mol. The Morgan fingerprint density at radius 1 is 0.774 bits per heavy atom. The van der Waals surface area contributed by atoms with Gasteiger partial charge in [0.15, 0.2) is 0 Å². The lowest BCUT2D eigenvalue weighted by Gasteiger charge is -2.36. The number of hydrogen-bond donors (Lipinski definition) is 6. The summed E-state index contributed by atoms with van der Waals surface area (Å²) in [5.74, 6) is -2.69. The summed E-state index contributed by atoms with van der Waals surface area (Å²) < 4.78 is 29.9. The molecule has 14 heteroatoms. The van der Waals surface area contributed by atoms with E-state index in [1.54, 1.807) is 35.9 Å². The van der Waals surface area contributed by atoms with Crippen molar-refractivity contribution in [1.29, 1.82) is 0 Å². The number of carbonyl (C=O) groups excluding carboxylic acids is 4. The largest absolute Gasteiger partial charge is 0.391 e. The number of aromatic nitrogens is 2. The Labute approximate surface area is 363 Å². The third kappa shape index (κ3) is 9.77. The lowest BCUT2D eigenvalue weighted by atomic mass is 9.76. The number of H-pyrrole nitrogens is 2. The fourth-order valence-corrected chi connectivity index (χ4v) is 9.28. The Hall–Kier alpha value is -4.66. The number of aromatic amines is 2. The van der Waals surface area contributed by atoms with Crippen LogP contribution in [0.2, 0.25) is 0 Å². The first-order valence-electron chi connectivity index (χ1n) is 22.1. The van der Waals surface area contributed by atoms with Gasteiger partial charge in [0.05, 0.1) is 29.6 Å². The zero-order valence-corrected chi connectivity index (χ0v) is 37.9.